The number of fused-ring (bicyclic) bond motifs is 8. The fraction of sp³-hybridized carbons (Fsp3) is 0.0189. The van der Waals surface area contributed by atoms with E-state index in [0.29, 0.717) is 17.5 Å². The molecule has 0 saturated heterocycles. The van der Waals surface area contributed by atoms with Crippen LogP contribution in [0.25, 0.3) is 95.2 Å². The van der Waals surface area contributed by atoms with Crippen LogP contribution in [0.1, 0.15) is 17.2 Å². The van der Waals surface area contributed by atoms with Crippen LogP contribution in [0.2, 0.25) is 0 Å². The molecule has 3 heterocycles. The summed E-state index contributed by atoms with van der Waals surface area (Å²) in [5, 5.41) is 11.1. The van der Waals surface area contributed by atoms with E-state index in [1.165, 1.54) is 11.1 Å². The lowest BCUT2D eigenvalue weighted by molar-refractivity contribution is 0.659. The van der Waals surface area contributed by atoms with E-state index in [1.807, 2.05) is 65.8 Å². The number of anilines is 1. The van der Waals surface area contributed by atoms with Crippen molar-refractivity contribution in [3.63, 3.8) is 0 Å². The van der Waals surface area contributed by atoms with Crippen LogP contribution in [0.5, 0.6) is 0 Å². The molecular weight excluding hydrogens is 737 g/mol. The number of hydrogen-bond donors (Lipinski definition) is 1. The van der Waals surface area contributed by atoms with Gasteiger partial charge in [-0.15, -0.1) is 0 Å². The number of benzene rings is 8. The second kappa shape index (κ2) is 13.8. The molecule has 60 heavy (non-hydrogen) atoms. The van der Waals surface area contributed by atoms with Crippen molar-refractivity contribution in [2.45, 2.75) is 6.04 Å². The van der Waals surface area contributed by atoms with Crippen LogP contribution < -0.4 is 10.5 Å². The van der Waals surface area contributed by atoms with Crippen molar-refractivity contribution >= 4 is 50.2 Å². The minimum atomic E-state index is -0.0836. The molecule has 282 valence electrons. The van der Waals surface area contributed by atoms with Crippen molar-refractivity contribution in [3.05, 3.63) is 199 Å². The summed E-state index contributed by atoms with van der Waals surface area (Å²) in [6, 6.07) is 62.8. The Morgan fingerprint density at radius 1 is 0.433 bits per heavy atom. The molecule has 8 aromatic carbocycles. The van der Waals surface area contributed by atoms with E-state index in [-0.39, 0.29) is 6.04 Å². The summed E-state index contributed by atoms with van der Waals surface area (Å²) < 4.78 is 6.20. The van der Waals surface area contributed by atoms with Crippen molar-refractivity contribution in [1.82, 2.24) is 20.4 Å². The monoisotopic (exact) mass is 770 g/mol. The second-order valence-electron chi connectivity index (χ2n) is 15.2. The number of nitrogens with zero attached hydrogens (tertiary/aromatic N) is 5. The highest BCUT2D eigenvalue weighted by atomic mass is 16.3. The first-order valence-electron chi connectivity index (χ1n) is 20.1. The Morgan fingerprint density at radius 2 is 1.03 bits per heavy atom. The summed E-state index contributed by atoms with van der Waals surface area (Å²) >= 11 is 0. The molecule has 1 unspecified atom stereocenters. The Labute approximate surface area is 345 Å². The molecule has 7 nitrogen and oxygen atoms in total. The highest BCUT2D eigenvalue weighted by molar-refractivity contribution is 6.11. The third-order valence-corrected chi connectivity index (χ3v) is 11.5. The molecule has 12 rings (SSSR count). The fourth-order valence-electron chi connectivity index (χ4n) is 8.57. The number of hydrogen-bond acceptors (Lipinski definition) is 7. The van der Waals surface area contributed by atoms with E-state index < -0.39 is 0 Å². The standard InChI is InChI=1S/C53H34N6O/c1-4-12-33(13-5-1)39-29-40(34-14-6-2-7-15-34)31-41(30-39)53-55-51(54-52(56-53)38-24-27-48-45(32-38)44-18-10-11-19-47(44)60-48)37-22-25-43-36(28-37)21-20-35-23-26-46-50(49(35)43)58-59(57-46)42-16-8-3-9-17-42/h1-32,50,58H. The van der Waals surface area contributed by atoms with Gasteiger partial charge in [0.05, 0.1) is 17.4 Å². The van der Waals surface area contributed by atoms with Crippen LogP contribution >= 0.6 is 0 Å². The maximum atomic E-state index is 6.20. The minimum Gasteiger partial charge on any atom is -0.456 e. The summed E-state index contributed by atoms with van der Waals surface area (Å²) in [4.78, 5) is 15.7. The highest BCUT2D eigenvalue weighted by Gasteiger charge is 2.32. The molecule has 1 atom stereocenters. The lowest BCUT2D eigenvalue weighted by Crippen LogP contribution is -2.33. The van der Waals surface area contributed by atoms with Gasteiger partial charge >= 0.3 is 0 Å². The number of rotatable bonds is 6. The topological polar surface area (TPSA) is 79.4 Å². The van der Waals surface area contributed by atoms with Gasteiger partial charge in [0, 0.05) is 27.5 Å². The molecule has 7 heteroatoms. The third kappa shape index (κ3) is 5.87. The van der Waals surface area contributed by atoms with Crippen LogP contribution in [0, 0.1) is 0 Å². The molecule has 2 aliphatic rings. The zero-order valence-corrected chi connectivity index (χ0v) is 32.2. The average molecular weight is 771 g/mol. The third-order valence-electron chi connectivity index (χ3n) is 11.5. The first kappa shape index (κ1) is 34.1. The molecule has 1 aliphatic heterocycles. The molecule has 0 radical (unpaired) electrons. The van der Waals surface area contributed by atoms with Gasteiger partial charge in [-0.3, -0.25) is 0 Å². The summed E-state index contributed by atoms with van der Waals surface area (Å²) in [6.45, 7) is 0. The van der Waals surface area contributed by atoms with Crippen LogP contribution in [0.4, 0.5) is 5.69 Å². The van der Waals surface area contributed by atoms with Gasteiger partial charge in [0.15, 0.2) is 17.5 Å². The molecule has 0 bridgehead atoms. The fourth-order valence-corrected chi connectivity index (χ4v) is 8.57. The summed E-state index contributed by atoms with van der Waals surface area (Å²) in [5.74, 6) is 1.77. The van der Waals surface area contributed by atoms with Crippen LogP contribution in [-0.2, 0) is 0 Å². The van der Waals surface area contributed by atoms with Crippen LogP contribution in [0.15, 0.2) is 198 Å². The molecule has 1 N–H and O–H groups in total. The molecule has 10 aromatic rings. The maximum Gasteiger partial charge on any atom is 0.164 e. The first-order chi connectivity index (χ1) is 29.7. The molecule has 0 fully saturated rings. The Hall–Kier alpha value is -8.00. The zero-order chi connectivity index (χ0) is 39.6. The molecular formula is C53H34N6O. The smallest absolute Gasteiger partial charge is 0.164 e. The van der Waals surface area contributed by atoms with Gasteiger partial charge in [0.2, 0.25) is 0 Å². The Balaban J connectivity index is 1.02. The van der Waals surface area contributed by atoms with Gasteiger partial charge in [0.1, 0.15) is 11.2 Å². The molecule has 1 aliphatic carbocycles. The van der Waals surface area contributed by atoms with E-state index >= 15 is 0 Å². The summed E-state index contributed by atoms with van der Waals surface area (Å²) in [6.07, 6.45) is 4.27. The van der Waals surface area contributed by atoms with Gasteiger partial charge in [-0.1, -0.05) is 127 Å². The normalized spacial score (nSPS) is 14.4. The maximum absolute atomic E-state index is 6.20. The van der Waals surface area contributed by atoms with Gasteiger partial charge in [-0.25, -0.2) is 15.0 Å². The van der Waals surface area contributed by atoms with Gasteiger partial charge in [-0.05, 0) is 111 Å². The van der Waals surface area contributed by atoms with Gasteiger partial charge in [-0.2, -0.15) is 15.6 Å². The number of hydrazine groups is 1. The first-order valence-corrected chi connectivity index (χ1v) is 20.1. The van der Waals surface area contributed by atoms with Gasteiger partial charge in [0.25, 0.3) is 0 Å². The Bertz CT molecular complexity index is 3300. The van der Waals surface area contributed by atoms with Crippen LogP contribution in [-0.4, -0.2) is 20.7 Å². The quantitative estimate of drug-likeness (QED) is 0.181. The second-order valence-corrected chi connectivity index (χ2v) is 15.2. The summed E-state index contributed by atoms with van der Waals surface area (Å²) in [7, 11) is 0. The average Bonchev–Trinajstić information content (AvgIpc) is 3.94. The van der Waals surface area contributed by atoms with Crippen molar-refractivity contribution < 1.29 is 4.42 Å². The Kier molecular flexibility index (Phi) is 7.86. The molecule has 0 saturated carbocycles. The SMILES string of the molecule is C1=Cc2ccc3cc(-c4nc(-c5cc(-c6ccccc6)cc(-c6ccccc6)c5)nc(-c5ccc6oc7ccccc7c6c5)n4)ccc3c2C2NN(c3ccccc3)N=C12. The number of hydrazone groups is 1. The van der Waals surface area contributed by atoms with E-state index in [4.69, 9.17) is 24.5 Å². The Morgan fingerprint density at radius 3 is 1.77 bits per heavy atom. The number of aromatic nitrogens is 3. The van der Waals surface area contributed by atoms with Crippen molar-refractivity contribution in [1.29, 1.82) is 0 Å². The van der Waals surface area contributed by atoms with Crippen molar-refractivity contribution in [2.24, 2.45) is 5.10 Å². The largest absolute Gasteiger partial charge is 0.456 e. The number of para-hydroxylation sites is 2. The predicted octanol–water partition coefficient (Wildman–Crippen LogP) is 12.7. The summed E-state index contributed by atoms with van der Waals surface area (Å²) in [5.41, 5.74) is 16.7. The lowest BCUT2D eigenvalue weighted by Gasteiger charge is -2.23. The van der Waals surface area contributed by atoms with Gasteiger partial charge < -0.3 is 4.42 Å². The number of nitrogens with one attached hydrogen (secondary N) is 1. The predicted molar refractivity (Wildman–Crippen MR) is 243 cm³/mol. The van der Waals surface area contributed by atoms with E-state index in [9.17, 15) is 0 Å². The molecule has 2 aromatic heterocycles. The number of furan rings is 1. The minimum absolute atomic E-state index is 0.0836. The van der Waals surface area contributed by atoms with E-state index in [2.05, 4.69) is 139 Å². The molecule has 0 spiro atoms. The lowest BCUT2D eigenvalue weighted by atomic mass is 9.87. The van der Waals surface area contributed by atoms with Crippen molar-refractivity contribution in [3.8, 4) is 56.4 Å². The van der Waals surface area contributed by atoms with Crippen LogP contribution in [0.3, 0.4) is 0 Å². The molecule has 0 amide bonds. The van der Waals surface area contributed by atoms with E-state index in [0.717, 1.165) is 83.1 Å². The zero-order valence-electron chi connectivity index (χ0n) is 32.2. The highest BCUT2D eigenvalue weighted by Crippen LogP contribution is 2.39. The van der Waals surface area contributed by atoms with E-state index in [1.54, 1.807) is 0 Å². The van der Waals surface area contributed by atoms with Crippen molar-refractivity contribution in [2.75, 3.05) is 5.12 Å².